The van der Waals surface area contributed by atoms with Gasteiger partial charge in [0.05, 0.1) is 37.5 Å². The summed E-state index contributed by atoms with van der Waals surface area (Å²) in [7, 11) is 0. The van der Waals surface area contributed by atoms with Gasteiger partial charge in [0.25, 0.3) is 0 Å². The molecule has 0 unspecified atom stereocenters. The molecule has 0 aromatic heterocycles. The zero-order valence-corrected chi connectivity index (χ0v) is 16.3. The van der Waals surface area contributed by atoms with Gasteiger partial charge < -0.3 is 37.2 Å². The second-order valence-corrected chi connectivity index (χ2v) is 7.04. The van der Waals surface area contributed by atoms with Crippen molar-refractivity contribution in [2.75, 3.05) is 26.4 Å². The molecule has 0 aromatic rings. The Labute approximate surface area is 150 Å². The molecule has 0 aromatic carbocycles. The van der Waals surface area contributed by atoms with Crippen molar-refractivity contribution in [3.8, 4) is 0 Å². The van der Waals surface area contributed by atoms with E-state index in [0.29, 0.717) is 0 Å². The summed E-state index contributed by atoms with van der Waals surface area (Å²) >= 11 is 0. The van der Waals surface area contributed by atoms with Crippen LogP contribution < -0.4 is 16.8 Å². The third-order valence-corrected chi connectivity index (χ3v) is 3.29. The maximum Gasteiger partial charge on any atom is 0.223 e. The zero-order valence-electron chi connectivity index (χ0n) is 16.3. The van der Waals surface area contributed by atoms with Gasteiger partial charge in [0, 0.05) is 11.8 Å². The average Bonchev–Trinajstić information content (AvgIpc) is 2.54. The van der Waals surface area contributed by atoms with Gasteiger partial charge in [-0.05, 0) is 13.8 Å². The van der Waals surface area contributed by atoms with Gasteiger partial charge in [0.2, 0.25) is 11.8 Å². The van der Waals surface area contributed by atoms with Crippen molar-refractivity contribution in [1.82, 2.24) is 16.8 Å². The van der Waals surface area contributed by atoms with Crippen molar-refractivity contribution in [2.24, 2.45) is 11.8 Å². The maximum atomic E-state index is 11.1. The molecule has 0 rings (SSSR count). The van der Waals surface area contributed by atoms with Crippen LogP contribution in [0.5, 0.6) is 0 Å². The normalized spacial score (nSPS) is 11.4. The first-order valence-electron chi connectivity index (χ1n) is 7.97. The lowest BCUT2D eigenvalue weighted by atomic mass is 10.0. The van der Waals surface area contributed by atoms with Gasteiger partial charge in [-0.2, -0.15) is 0 Å². The highest BCUT2D eigenvalue weighted by molar-refractivity contribution is 5.79. The summed E-state index contributed by atoms with van der Waals surface area (Å²) in [6, 6.07) is 0. The summed E-state index contributed by atoms with van der Waals surface area (Å²) in [5, 5.41) is 40.5. The predicted molar refractivity (Wildman–Crippen MR) is 96.1 cm³/mol. The van der Waals surface area contributed by atoms with Crippen LogP contribution in [-0.2, 0) is 9.59 Å². The number of amides is 2. The van der Waals surface area contributed by atoms with E-state index in [1.165, 1.54) is 0 Å². The van der Waals surface area contributed by atoms with Crippen LogP contribution in [0.15, 0.2) is 0 Å². The fraction of sp³-hybridized carbons (Fsp3) is 0.875. The summed E-state index contributed by atoms with van der Waals surface area (Å²) in [6.07, 6.45) is 0. The van der Waals surface area contributed by atoms with E-state index < -0.39 is 11.1 Å². The highest BCUT2D eigenvalue weighted by atomic mass is 16.3. The molecule has 0 spiro atoms. The standard InChI is InChI=1S/2C8H17NO3.H3N/c2*1-6(2)7(12)9-8(3,4-10)5-11;/h2*6,10-11H,4-5H2,1-3H3,(H,9,12);1H3. The van der Waals surface area contributed by atoms with E-state index in [1.807, 2.05) is 0 Å². The zero-order chi connectivity index (χ0) is 19.6. The fourth-order valence-corrected chi connectivity index (χ4v) is 1.14. The molecule has 0 saturated carbocycles. The van der Waals surface area contributed by atoms with E-state index >= 15 is 0 Å². The third-order valence-electron chi connectivity index (χ3n) is 3.29. The Kier molecular flexibility index (Phi) is 14.9. The molecule has 2 amide bonds. The monoisotopic (exact) mass is 367 g/mol. The van der Waals surface area contributed by atoms with E-state index in [0.717, 1.165) is 0 Å². The van der Waals surface area contributed by atoms with Crippen molar-refractivity contribution in [3.63, 3.8) is 0 Å². The van der Waals surface area contributed by atoms with Crippen LogP contribution in [0.2, 0.25) is 0 Å². The Hall–Kier alpha value is -1.26. The predicted octanol–water partition coefficient (Wildman–Crippen LogP) is -0.834. The number of aliphatic hydroxyl groups excluding tert-OH is 4. The minimum atomic E-state index is -0.901. The molecule has 0 aliphatic rings. The number of hydrogen-bond donors (Lipinski definition) is 7. The van der Waals surface area contributed by atoms with Crippen LogP contribution in [0.25, 0.3) is 0 Å². The Morgan fingerprint density at radius 1 is 0.720 bits per heavy atom. The fourth-order valence-electron chi connectivity index (χ4n) is 1.14. The van der Waals surface area contributed by atoms with Gasteiger partial charge in [-0.15, -0.1) is 0 Å². The second kappa shape index (κ2) is 13.0. The van der Waals surface area contributed by atoms with E-state index in [2.05, 4.69) is 10.6 Å². The number of carbonyl (C=O) groups excluding carboxylic acids is 2. The van der Waals surface area contributed by atoms with E-state index in [-0.39, 0.29) is 56.2 Å². The minimum absolute atomic E-state index is 0. The van der Waals surface area contributed by atoms with E-state index in [4.69, 9.17) is 20.4 Å². The maximum absolute atomic E-state index is 11.1. The Bertz CT molecular complexity index is 344. The van der Waals surface area contributed by atoms with Crippen LogP contribution in [0, 0.1) is 11.8 Å². The number of aliphatic hydroxyl groups is 4. The second-order valence-electron chi connectivity index (χ2n) is 7.04. The summed E-state index contributed by atoms with van der Waals surface area (Å²) in [5.74, 6) is -0.606. The topological polar surface area (TPSA) is 174 Å². The highest BCUT2D eigenvalue weighted by Crippen LogP contribution is 2.04. The SMILES string of the molecule is CC(C)C(=O)NC(C)(CO)CO.CC(C)C(=O)NC(C)(CO)CO.N. The van der Waals surface area contributed by atoms with Gasteiger partial charge >= 0.3 is 0 Å². The minimum Gasteiger partial charge on any atom is -0.394 e. The average molecular weight is 367 g/mol. The van der Waals surface area contributed by atoms with E-state index in [9.17, 15) is 9.59 Å². The van der Waals surface area contributed by atoms with Crippen molar-refractivity contribution in [3.05, 3.63) is 0 Å². The quantitative estimate of drug-likeness (QED) is 0.293. The molecule has 0 atom stereocenters. The highest BCUT2D eigenvalue weighted by Gasteiger charge is 2.26. The molecular weight excluding hydrogens is 330 g/mol. The van der Waals surface area contributed by atoms with Crippen molar-refractivity contribution < 1.29 is 30.0 Å². The van der Waals surface area contributed by atoms with Crippen LogP contribution in [0.3, 0.4) is 0 Å². The molecule has 25 heavy (non-hydrogen) atoms. The molecule has 9 N–H and O–H groups in total. The smallest absolute Gasteiger partial charge is 0.223 e. The van der Waals surface area contributed by atoms with Gasteiger partial charge in [-0.1, -0.05) is 27.7 Å². The molecule has 0 aliphatic heterocycles. The molecule has 0 heterocycles. The van der Waals surface area contributed by atoms with Gasteiger partial charge in [0.15, 0.2) is 0 Å². The molecule has 0 saturated heterocycles. The summed E-state index contributed by atoms with van der Waals surface area (Å²) < 4.78 is 0. The summed E-state index contributed by atoms with van der Waals surface area (Å²) in [4.78, 5) is 22.3. The molecule has 9 heteroatoms. The number of nitrogens with one attached hydrogen (secondary N) is 2. The molecule has 0 fully saturated rings. The van der Waals surface area contributed by atoms with Crippen LogP contribution in [-0.4, -0.2) is 69.7 Å². The largest absolute Gasteiger partial charge is 0.394 e. The van der Waals surface area contributed by atoms with Crippen LogP contribution in [0.4, 0.5) is 0 Å². The summed E-state index contributed by atoms with van der Waals surface area (Å²) in [6.45, 7) is 9.15. The third kappa shape index (κ3) is 11.8. The van der Waals surface area contributed by atoms with Crippen LogP contribution in [0.1, 0.15) is 41.5 Å². The molecule has 0 aliphatic carbocycles. The number of rotatable bonds is 8. The molecule has 9 nitrogen and oxygen atoms in total. The van der Waals surface area contributed by atoms with Crippen molar-refractivity contribution >= 4 is 11.8 Å². The molecular formula is C16H37N3O6. The van der Waals surface area contributed by atoms with Gasteiger partial charge in [0.1, 0.15) is 0 Å². The number of hydrogen-bond acceptors (Lipinski definition) is 7. The van der Waals surface area contributed by atoms with Crippen molar-refractivity contribution in [1.29, 1.82) is 0 Å². The summed E-state index contributed by atoms with van der Waals surface area (Å²) in [5.41, 5.74) is -1.80. The van der Waals surface area contributed by atoms with Crippen molar-refractivity contribution in [2.45, 2.75) is 52.6 Å². The lowest BCUT2D eigenvalue weighted by molar-refractivity contribution is -0.127. The van der Waals surface area contributed by atoms with Gasteiger partial charge in [-0.3, -0.25) is 9.59 Å². The molecule has 0 radical (unpaired) electrons. The molecule has 152 valence electrons. The Balaban J connectivity index is -0.000000372. The van der Waals surface area contributed by atoms with E-state index in [1.54, 1.807) is 41.5 Å². The van der Waals surface area contributed by atoms with Crippen LogP contribution >= 0.6 is 0 Å². The molecule has 0 bridgehead atoms. The first-order valence-corrected chi connectivity index (χ1v) is 7.97. The lowest BCUT2D eigenvalue weighted by Crippen LogP contribution is -2.52. The first kappa shape index (κ1) is 28.5. The lowest BCUT2D eigenvalue weighted by Gasteiger charge is -2.27. The first-order chi connectivity index (χ1) is 10.9. The Morgan fingerprint density at radius 3 is 1.04 bits per heavy atom. The number of carbonyl (C=O) groups is 2. The Morgan fingerprint density at radius 2 is 0.920 bits per heavy atom. The van der Waals surface area contributed by atoms with Gasteiger partial charge in [-0.25, -0.2) is 0 Å².